The van der Waals surface area contributed by atoms with Gasteiger partial charge in [-0.05, 0) is 46.2 Å². The Kier molecular flexibility index (Phi) is 10.8. The molecule has 0 spiro atoms. The Morgan fingerprint density at radius 3 is 2.43 bits per heavy atom. The van der Waals surface area contributed by atoms with Crippen LogP contribution in [0.1, 0.15) is 68.1 Å². The second kappa shape index (κ2) is 14.0. The number of carbonyl (C=O) groups is 4. The maximum Gasteiger partial charge on any atom is 0.348 e. The normalized spacial score (nSPS) is 11.5. The number of amides is 2. The molecule has 0 radical (unpaired) electrons. The summed E-state index contributed by atoms with van der Waals surface area (Å²) >= 11 is 2.02. The van der Waals surface area contributed by atoms with E-state index in [9.17, 15) is 29.3 Å². The highest BCUT2D eigenvalue weighted by Crippen LogP contribution is 2.35. The van der Waals surface area contributed by atoms with Gasteiger partial charge in [0.2, 0.25) is 5.91 Å². The molecule has 3 aromatic rings. The Hall–Kier alpha value is -4.31. The molecule has 0 saturated heterocycles. The van der Waals surface area contributed by atoms with Crippen molar-refractivity contribution < 1.29 is 33.6 Å². The Morgan fingerprint density at radius 1 is 1.12 bits per heavy atom. The fourth-order valence-corrected chi connectivity index (χ4v) is 5.60. The molecular weight excluding hydrogens is 588 g/mol. The van der Waals surface area contributed by atoms with Gasteiger partial charge in [-0.15, -0.1) is 21.5 Å². The number of nitro groups is 1. The van der Waals surface area contributed by atoms with Crippen molar-refractivity contribution in [2.75, 3.05) is 18.5 Å². The maximum absolute atomic E-state index is 13.1. The first kappa shape index (κ1) is 32.2. The molecule has 2 N–H and O–H groups in total. The van der Waals surface area contributed by atoms with Crippen LogP contribution < -0.4 is 10.6 Å². The largest absolute Gasteiger partial charge is 0.462 e. The summed E-state index contributed by atoms with van der Waals surface area (Å²) in [7, 11) is 1.66. The lowest BCUT2D eigenvalue weighted by molar-refractivity contribution is -0.385. The van der Waals surface area contributed by atoms with Gasteiger partial charge in [0.15, 0.2) is 11.0 Å². The van der Waals surface area contributed by atoms with Crippen molar-refractivity contribution in [2.45, 2.75) is 51.6 Å². The average molecular weight is 619 g/mol. The third-order valence-corrected chi connectivity index (χ3v) is 8.30. The Bertz CT molecular complexity index is 1530. The van der Waals surface area contributed by atoms with Crippen molar-refractivity contribution in [2.24, 2.45) is 7.05 Å². The van der Waals surface area contributed by atoms with Gasteiger partial charge in [0.1, 0.15) is 9.88 Å². The van der Waals surface area contributed by atoms with Crippen molar-refractivity contribution in [3.63, 3.8) is 0 Å². The number of ether oxygens (including phenoxy) is 2. The Labute approximate surface area is 249 Å². The van der Waals surface area contributed by atoms with Crippen molar-refractivity contribution in [3.8, 4) is 0 Å². The lowest BCUT2D eigenvalue weighted by Crippen LogP contribution is -2.25. The number of esters is 2. The van der Waals surface area contributed by atoms with Crippen LogP contribution in [0.5, 0.6) is 0 Å². The molecule has 0 aliphatic heterocycles. The summed E-state index contributed by atoms with van der Waals surface area (Å²) in [6.45, 7) is 8.37. The predicted molar refractivity (Wildman–Crippen MR) is 155 cm³/mol. The molecule has 2 amide bonds. The van der Waals surface area contributed by atoms with Gasteiger partial charge < -0.3 is 24.7 Å². The topological polar surface area (TPSA) is 185 Å². The predicted octanol–water partition coefficient (Wildman–Crippen LogP) is 3.80. The molecule has 2 heterocycles. The summed E-state index contributed by atoms with van der Waals surface area (Å²) in [6.07, 6.45) is 0. The number of nitrogens with one attached hydrogen (secondary N) is 2. The van der Waals surface area contributed by atoms with Crippen LogP contribution in [0.3, 0.4) is 0 Å². The molecular formula is C26H30N6O8S2. The molecule has 16 heteroatoms. The first-order valence-electron chi connectivity index (χ1n) is 12.8. The van der Waals surface area contributed by atoms with Crippen molar-refractivity contribution >= 4 is 57.5 Å². The highest BCUT2D eigenvalue weighted by Gasteiger charge is 2.29. The molecule has 0 fully saturated rings. The molecule has 0 aliphatic rings. The average Bonchev–Trinajstić information content (AvgIpc) is 3.45. The molecule has 0 unspecified atom stereocenters. The van der Waals surface area contributed by atoms with E-state index in [2.05, 4.69) is 20.8 Å². The van der Waals surface area contributed by atoms with Crippen LogP contribution >= 0.6 is 23.1 Å². The first-order valence-corrected chi connectivity index (χ1v) is 14.5. The molecule has 224 valence electrons. The van der Waals surface area contributed by atoms with E-state index in [1.807, 2.05) is 0 Å². The fourth-order valence-electron chi connectivity index (χ4n) is 3.68. The summed E-state index contributed by atoms with van der Waals surface area (Å²) in [6, 6.07) is 4.20. The van der Waals surface area contributed by atoms with Gasteiger partial charge in [0, 0.05) is 24.2 Å². The standard InChI is InChI=1S/C26H30N6O8S2/c1-7-39-24(35)19-14(4)20(25(36)40-8-2)42-23(19)28-21(33)15(5)41-26-30-29-18(31(26)6)12-27-22(34)16-10-9-13(3)17(11-16)32(37)38/h9-11,15H,7-8,12H2,1-6H3,(H,27,34)(H,28,33)/t15-/m1/s1. The van der Waals surface area contributed by atoms with Crippen LogP contribution in [0, 0.1) is 24.0 Å². The van der Waals surface area contributed by atoms with Gasteiger partial charge in [-0.3, -0.25) is 19.7 Å². The number of nitrogens with zero attached hydrogens (tertiary/aromatic N) is 4. The monoisotopic (exact) mass is 618 g/mol. The lowest BCUT2D eigenvalue weighted by atomic mass is 10.1. The summed E-state index contributed by atoms with van der Waals surface area (Å²) in [5.41, 5.74) is 0.858. The van der Waals surface area contributed by atoms with Crippen LogP contribution in [0.4, 0.5) is 10.7 Å². The number of aromatic nitrogens is 3. The third-order valence-electron chi connectivity index (χ3n) is 5.98. The summed E-state index contributed by atoms with van der Waals surface area (Å²) in [4.78, 5) is 61.5. The van der Waals surface area contributed by atoms with Crippen LogP contribution in [0.15, 0.2) is 23.4 Å². The number of thioether (sulfide) groups is 1. The van der Waals surface area contributed by atoms with Crippen LogP contribution in [0.2, 0.25) is 0 Å². The molecule has 14 nitrogen and oxygen atoms in total. The van der Waals surface area contributed by atoms with Crippen LogP contribution in [0.25, 0.3) is 0 Å². The van der Waals surface area contributed by atoms with E-state index in [-0.39, 0.29) is 46.5 Å². The summed E-state index contributed by atoms with van der Waals surface area (Å²) < 4.78 is 11.8. The summed E-state index contributed by atoms with van der Waals surface area (Å²) in [5, 5.41) is 24.6. The molecule has 0 saturated carbocycles. The highest BCUT2D eigenvalue weighted by atomic mass is 32.2. The summed E-state index contributed by atoms with van der Waals surface area (Å²) in [5.74, 6) is -1.86. The smallest absolute Gasteiger partial charge is 0.348 e. The van der Waals surface area contributed by atoms with E-state index >= 15 is 0 Å². The Balaban J connectivity index is 1.70. The van der Waals surface area contributed by atoms with E-state index in [1.54, 1.807) is 46.2 Å². The number of benzene rings is 1. The van der Waals surface area contributed by atoms with Gasteiger partial charge in [-0.2, -0.15) is 0 Å². The molecule has 1 aromatic carbocycles. The van der Waals surface area contributed by atoms with Gasteiger partial charge in [0.25, 0.3) is 11.6 Å². The number of nitro benzene ring substituents is 1. The second-order valence-electron chi connectivity index (χ2n) is 8.85. The molecule has 2 aromatic heterocycles. The zero-order valence-electron chi connectivity index (χ0n) is 23.8. The third kappa shape index (κ3) is 7.30. The van der Waals surface area contributed by atoms with Crippen molar-refractivity contribution in [3.05, 3.63) is 61.3 Å². The number of hydrogen-bond donors (Lipinski definition) is 2. The number of aryl methyl sites for hydroxylation is 1. The quantitative estimate of drug-likeness (QED) is 0.130. The Morgan fingerprint density at radius 2 is 1.79 bits per heavy atom. The maximum atomic E-state index is 13.1. The zero-order valence-corrected chi connectivity index (χ0v) is 25.4. The van der Waals surface area contributed by atoms with Gasteiger partial charge >= 0.3 is 11.9 Å². The van der Waals surface area contributed by atoms with Crippen molar-refractivity contribution in [1.29, 1.82) is 0 Å². The van der Waals surface area contributed by atoms with E-state index in [0.717, 1.165) is 23.1 Å². The molecule has 0 bridgehead atoms. The van der Waals surface area contributed by atoms with E-state index < -0.39 is 33.9 Å². The SMILES string of the molecule is CCOC(=O)c1sc(NC(=O)[C@@H](C)Sc2nnc(CNC(=O)c3ccc(C)c([N+](=O)[O-])c3)n2C)c(C(=O)OCC)c1C. The van der Waals surface area contributed by atoms with Gasteiger partial charge in [-0.25, -0.2) is 9.59 Å². The molecule has 42 heavy (non-hydrogen) atoms. The fraction of sp³-hybridized carbons (Fsp3) is 0.385. The molecule has 0 aliphatic carbocycles. The van der Waals surface area contributed by atoms with Gasteiger partial charge in [0.05, 0.1) is 35.5 Å². The van der Waals surface area contributed by atoms with E-state index in [1.165, 1.54) is 18.2 Å². The minimum Gasteiger partial charge on any atom is -0.462 e. The zero-order chi connectivity index (χ0) is 31.1. The minimum absolute atomic E-state index is 0.0147. The highest BCUT2D eigenvalue weighted by molar-refractivity contribution is 8.00. The first-order chi connectivity index (χ1) is 19.9. The van der Waals surface area contributed by atoms with Crippen LogP contribution in [-0.2, 0) is 27.9 Å². The lowest BCUT2D eigenvalue weighted by Gasteiger charge is -2.12. The number of rotatable bonds is 12. The number of anilines is 1. The van der Waals surface area contributed by atoms with E-state index in [4.69, 9.17) is 9.47 Å². The second-order valence-corrected chi connectivity index (χ2v) is 11.2. The number of hydrogen-bond acceptors (Lipinski definition) is 12. The van der Waals surface area contributed by atoms with Crippen molar-refractivity contribution in [1.82, 2.24) is 20.1 Å². The minimum atomic E-state index is -0.702. The van der Waals surface area contributed by atoms with Crippen LogP contribution in [-0.4, -0.2) is 61.9 Å². The molecule has 1 atom stereocenters. The number of carbonyl (C=O) groups excluding carboxylic acids is 4. The number of thiophene rings is 1. The van der Waals surface area contributed by atoms with E-state index in [0.29, 0.717) is 22.1 Å². The molecule has 3 rings (SSSR count). The van der Waals surface area contributed by atoms with Gasteiger partial charge in [-0.1, -0.05) is 17.8 Å².